The normalized spacial score (nSPS) is 16.7. The highest BCUT2D eigenvalue weighted by Gasteiger charge is 2.34. The van der Waals surface area contributed by atoms with Crippen LogP contribution in [-0.4, -0.2) is 26.8 Å². The highest BCUT2D eigenvalue weighted by molar-refractivity contribution is 5.98. The van der Waals surface area contributed by atoms with E-state index < -0.39 is 0 Å². The molecule has 0 radical (unpaired) electrons. The molecule has 2 aromatic carbocycles. The fourth-order valence-corrected chi connectivity index (χ4v) is 3.60. The van der Waals surface area contributed by atoms with E-state index in [1.165, 1.54) is 11.1 Å². The number of carbonyl (C=O) groups excluding carboxylic acids is 1. The monoisotopic (exact) mass is 364 g/mol. The molecule has 1 amide bonds. The van der Waals surface area contributed by atoms with Gasteiger partial charge in [-0.1, -0.05) is 42.5 Å². The molecule has 0 aromatic heterocycles. The topological polar surface area (TPSA) is 23.6 Å². The summed E-state index contributed by atoms with van der Waals surface area (Å²) < 4.78 is 0. The first-order valence-electron chi connectivity index (χ1n) is 9.79. The average Bonchev–Trinajstić information content (AvgIpc) is 3.17. The van der Waals surface area contributed by atoms with Crippen LogP contribution in [0.25, 0.3) is 0 Å². The predicted molar refractivity (Wildman–Crippen MR) is 112 cm³/mol. The molecule has 0 saturated heterocycles. The maximum atomic E-state index is 12.0. The van der Waals surface area contributed by atoms with Gasteiger partial charge in [0.05, 0.1) is 0 Å². The first-order valence-corrected chi connectivity index (χ1v) is 9.79. The largest absolute Gasteiger partial charge is 0.329 e. The second-order valence-electron chi connectivity index (χ2n) is 9.51. The molecule has 3 heteroatoms. The van der Waals surface area contributed by atoms with Gasteiger partial charge < -0.3 is 4.90 Å². The maximum Gasteiger partial charge on any atom is 0.254 e. The second-order valence-corrected chi connectivity index (χ2v) is 9.51. The van der Waals surface area contributed by atoms with Crippen LogP contribution in [0.5, 0.6) is 0 Å². The Morgan fingerprint density at radius 1 is 0.667 bits per heavy atom. The van der Waals surface area contributed by atoms with Crippen LogP contribution in [0.15, 0.2) is 48.5 Å². The third-order valence-electron chi connectivity index (χ3n) is 5.42. The van der Waals surface area contributed by atoms with Gasteiger partial charge in [0.2, 0.25) is 0 Å². The first kappa shape index (κ1) is 19.6. The Kier molecular flexibility index (Phi) is 5.18. The predicted octanol–water partition coefficient (Wildman–Crippen LogP) is 5.24. The van der Waals surface area contributed by atoms with Crippen molar-refractivity contribution in [2.24, 2.45) is 0 Å². The van der Waals surface area contributed by atoms with Crippen LogP contribution in [0.2, 0.25) is 0 Å². The van der Waals surface area contributed by atoms with Gasteiger partial charge >= 0.3 is 0 Å². The van der Waals surface area contributed by atoms with Crippen LogP contribution in [0.4, 0.5) is 0 Å². The smallest absolute Gasteiger partial charge is 0.254 e. The molecule has 0 unspecified atom stereocenters. The molecule has 144 valence electrons. The number of rotatable bonds is 0. The van der Waals surface area contributed by atoms with E-state index in [4.69, 9.17) is 0 Å². The number of benzene rings is 2. The van der Waals surface area contributed by atoms with Crippen molar-refractivity contribution in [2.45, 2.75) is 72.3 Å². The van der Waals surface area contributed by atoms with Crippen LogP contribution >= 0.6 is 0 Å². The van der Waals surface area contributed by atoms with Crippen LogP contribution in [0, 0.1) is 0 Å². The molecule has 2 heterocycles. The molecule has 0 bridgehead atoms. The lowest BCUT2D eigenvalue weighted by molar-refractivity contribution is 0.0609. The zero-order valence-electron chi connectivity index (χ0n) is 17.5. The lowest BCUT2D eigenvalue weighted by atomic mass is 10.1. The first-order chi connectivity index (χ1) is 12.6. The summed E-state index contributed by atoms with van der Waals surface area (Å²) in [7, 11) is 0. The van der Waals surface area contributed by atoms with Crippen molar-refractivity contribution in [1.29, 1.82) is 0 Å². The SMILES string of the molecule is CC(C)(C)N1Cc2ccccc2C1.CC(C)(C)N1Cc2ccccc2C1=O. The van der Waals surface area contributed by atoms with E-state index in [2.05, 4.69) is 70.7 Å². The summed E-state index contributed by atoms with van der Waals surface area (Å²) in [5, 5.41) is 0. The van der Waals surface area contributed by atoms with E-state index in [1.807, 2.05) is 29.2 Å². The standard InChI is InChI=1S/C12H15NO.C12H17N/c1-12(2,3)13-8-9-6-4-5-7-10(9)11(13)14;1-12(2,3)13-8-10-6-4-5-7-11(10)9-13/h4-7H,8H2,1-3H3;4-7H,8-9H2,1-3H3. The van der Waals surface area contributed by atoms with Gasteiger partial charge in [-0.2, -0.15) is 0 Å². The molecule has 2 aliphatic heterocycles. The third kappa shape index (κ3) is 4.24. The van der Waals surface area contributed by atoms with E-state index >= 15 is 0 Å². The quantitative estimate of drug-likeness (QED) is 0.638. The van der Waals surface area contributed by atoms with Crippen LogP contribution in [0.1, 0.15) is 68.6 Å². The van der Waals surface area contributed by atoms with Gasteiger partial charge in [-0.25, -0.2) is 0 Å². The molecule has 0 spiro atoms. The summed E-state index contributed by atoms with van der Waals surface area (Å²) in [6, 6.07) is 16.6. The minimum Gasteiger partial charge on any atom is -0.329 e. The second kappa shape index (κ2) is 7.12. The molecule has 0 N–H and O–H groups in total. The Bertz CT molecular complexity index is 802. The molecule has 2 aromatic rings. The zero-order valence-corrected chi connectivity index (χ0v) is 17.5. The number of hydrogen-bond donors (Lipinski definition) is 0. The van der Waals surface area contributed by atoms with Gasteiger partial charge in [-0.3, -0.25) is 9.69 Å². The zero-order chi connectivity index (χ0) is 19.8. The number of fused-ring (bicyclic) bond motifs is 2. The molecule has 27 heavy (non-hydrogen) atoms. The van der Waals surface area contributed by atoms with Gasteiger partial charge in [0.15, 0.2) is 0 Å². The summed E-state index contributed by atoms with van der Waals surface area (Å²) in [6.07, 6.45) is 0. The fourth-order valence-electron chi connectivity index (χ4n) is 3.60. The Morgan fingerprint density at radius 3 is 1.59 bits per heavy atom. The number of nitrogens with zero attached hydrogens (tertiary/aromatic N) is 2. The van der Waals surface area contributed by atoms with Crippen molar-refractivity contribution in [2.75, 3.05) is 0 Å². The molecule has 4 rings (SSSR count). The van der Waals surface area contributed by atoms with Crippen molar-refractivity contribution in [3.05, 3.63) is 70.8 Å². The number of amides is 1. The molecule has 0 fully saturated rings. The average molecular weight is 365 g/mol. The van der Waals surface area contributed by atoms with Crippen LogP contribution in [-0.2, 0) is 19.6 Å². The van der Waals surface area contributed by atoms with Gasteiger partial charge in [0, 0.05) is 36.3 Å². The van der Waals surface area contributed by atoms with Gasteiger partial charge in [-0.05, 0) is 64.3 Å². The van der Waals surface area contributed by atoms with Crippen LogP contribution < -0.4 is 0 Å². The Morgan fingerprint density at radius 2 is 1.15 bits per heavy atom. The Labute approximate surface area is 164 Å². The lowest BCUT2D eigenvalue weighted by Crippen LogP contribution is -2.41. The minimum atomic E-state index is -0.0872. The highest BCUT2D eigenvalue weighted by atomic mass is 16.2. The van der Waals surface area contributed by atoms with E-state index in [0.717, 1.165) is 30.8 Å². The molecule has 2 aliphatic rings. The summed E-state index contributed by atoms with van der Waals surface area (Å²) in [6.45, 7) is 16.0. The van der Waals surface area contributed by atoms with E-state index in [0.29, 0.717) is 5.54 Å². The third-order valence-corrected chi connectivity index (χ3v) is 5.42. The van der Waals surface area contributed by atoms with Gasteiger partial charge in [-0.15, -0.1) is 0 Å². The molecular weight excluding hydrogens is 332 g/mol. The molecule has 0 saturated carbocycles. The van der Waals surface area contributed by atoms with Crippen molar-refractivity contribution >= 4 is 5.91 Å². The van der Waals surface area contributed by atoms with Gasteiger partial charge in [0.25, 0.3) is 5.91 Å². The minimum absolute atomic E-state index is 0.0872. The van der Waals surface area contributed by atoms with Crippen molar-refractivity contribution in [3.8, 4) is 0 Å². The van der Waals surface area contributed by atoms with Crippen molar-refractivity contribution in [1.82, 2.24) is 9.80 Å². The summed E-state index contributed by atoms with van der Waals surface area (Å²) in [4.78, 5) is 16.4. The van der Waals surface area contributed by atoms with Crippen molar-refractivity contribution < 1.29 is 4.79 Å². The van der Waals surface area contributed by atoms with E-state index in [9.17, 15) is 4.79 Å². The van der Waals surface area contributed by atoms with E-state index in [1.54, 1.807) is 0 Å². The van der Waals surface area contributed by atoms with Gasteiger partial charge in [0.1, 0.15) is 0 Å². The summed E-state index contributed by atoms with van der Waals surface area (Å²) >= 11 is 0. The summed E-state index contributed by atoms with van der Waals surface area (Å²) in [5.41, 5.74) is 5.21. The Balaban J connectivity index is 0.000000156. The van der Waals surface area contributed by atoms with E-state index in [-0.39, 0.29) is 11.4 Å². The Hall–Kier alpha value is -2.13. The molecule has 0 atom stereocenters. The maximum absolute atomic E-state index is 12.0. The number of hydrogen-bond acceptors (Lipinski definition) is 2. The number of carbonyl (C=O) groups is 1. The van der Waals surface area contributed by atoms with Crippen molar-refractivity contribution in [3.63, 3.8) is 0 Å². The lowest BCUT2D eigenvalue weighted by Gasteiger charge is -2.31. The molecule has 0 aliphatic carbocycles. The summed E-state index contributed by atoms with van der Waals surface area (Å²) in [5.74, 6) is 0.160. The van der Waals surface area contributed by atoms with Crippen LogP contribution in [0.3, 0.4) is 0 Å². The molecule has 3 nitrogen and oxygen atoms in total. The highest BCUT2D eigenvalue weighted by Crippen LogP contribution is 2.29. The molecular formula is C24H32N2O. The fraction of sp³-hybridized carbons (Fsp3) is 0.458.